The van der Waals surface area contributed by atoms with Gasteiger partial charge in [-0.1, -0.05) is 19.3 Å². The summed E-state index contributed by atoms with van der Waals surface area (Å²) in [5.41, 5.74) is 8.53. The highest BCUT2D eigenvalue weighted by Gasteiger charge is 2.16. The lowest BCUT2D eigenvalue weighted by Crippen LogP contribution is -2.08. The van der Waals surface area contributed by atoms with E-state index in [1.165, 1.54) is 32.1 Å². The van der Waals surface area contributed by atoms with Crippen LogP contribution in [0.15, 0.2) is 36.4 Å². The summed E-state index contributed by atoms with van der Waals surface area (Å²) < 4.78 is 0. The Morgan fingerprint density at radius 1 is 0.900 bits per heavy atom. The molecule has 0 unspecified atom stereocenters. The van der Waals surface area contributed by atoms with E-state index in [9.17, 15) is 0 Å². The van der Waals surface area contributed by atoms with Crippen LogP contribution >= 0.6 is 0 Å². The van der Waals surface area contributed by atoms with Crippen LogP contribution in [0.3, 0.4) is 0 Å². The van der Waals surface area contributed by atoms with Crippen LogP contribution in [0.5, 0.6) is 0 Å². The molecule has 0 amide bonds. The third kappa shape index (κ3) is 3.07. The van der Waals surface area contributed by atoms with Crippen LogP contribution in [0.4, 0.5) is 17.2 Å². The summed E-state index contributed by atoms with van der Waals surface area (Å²) in [7, 11) is 0. The Hall–Kier alpha value is -2.10. The first kappa shape index (κ1) is 12.9. The van der Waals surface area contributed by atoms with Crippen LogP contribution in [0, 0.1) is 0 Å². The fourth-order valence-corrected chi connectivity index (χ4v) is 2.74. The molecule has 1 aromatic carbocycles. The maximum absolute atomic E-state index is 5.67. The second-order valence-electron chi connectivity index (χ2n) is 5.43. The average molecular weight is 268 g/mol. The second kappa shape index (κ2) is 5.90. The Balaban J connectivity index is 1.67. The highest BCUT2D eigenvalue weighted by molar-refractivity contribution is 5.58. The first-order valence-corrected chi connectivity index (χ1v) is 7.27. The van der Waals surface area contributed by atoms with Crippen molar-refractivity contribution in [2.75, 3.05) is 11.1 Å². The molecule has 2 aromatic rings. The van der Waals surface area contributed by atoms with Crippen molar-refractivity contribution < 1.29 is 0 Å². The zero-order chi connectivity index (χ0) is 13.8. The van der Waals surface area contributed by atoms with E-state index in [1.807, 2.05) is 30.3 Å². The van der Waals surface area contributed by atoms with Gasteiger partial charge in [-0.15, -0.1) is 5.10 Å². The molecule has 1 aliphatic carbocycles. The minimum atomic E-state index is 0.599. The van der Waals surface area contributed by atoms with Crippen LogP contribution in [-0.2, 0) is 0 Å². The summed E-state index contributed by atoms with van der Waals surface area (Å²) in [5.74, 6) is 1.37. The standard InChI is InChI=1S/C16H20N4/c17-13-6-8-14(9-7-13)18-16-11-10-15(19-20-16)12-4-2-1-3-5-12/h6-12H,1-5,17H2,(H,18,20). The third-order valence-electron chi connectivity index (χ3n) is 3.89. The van der Waals surface area contributed by atoms with Gasteiger partial charge in [0.05, 0.1) is 5.69 Å². The van der Waals surface area contributed by atoms with E-state index in [4.69, 9.17) is 5.73 Å². The zero-order valence-electron chi connectivity index (χ0n) is 11.5. The molecule has 0 radical (unpaired) electrons. The zero-order valence-corrected chi connectivity index (χ0v) is 11.5. The molecule has 4 nitrogen and oxygen atoms in total. The van der Waals surface area contributed by atoms with Gasteiger partial charge in [-0.3, -0.25) is 0 Å². The molecule has 0 bridgehead atoms. The molecule has 0 spiro atoms. The van der Waals surface area contributed by atoms with E-state index < -0.39 is 0 Å². The number of rotatable bonds is 3. The Labute approximate surface area is 119 Å². The minimum absolute atomic E-state index is 0.599. The van der Waals surface area contributed by atoms with Crippen LogP contribution in [0.25, 0.3) is 0 Å². The molecule has 0 atom stereocenters. The van der Waals surface area contributed by atoms with Crippen LogP contribution < -0.4 is 11.1 Å². The molecule has 1 fully saturated rings. The van der Waals surface area contributed by atoms with Crippen molar-refractivity contribution in [3.63, 3.8) is 0 Å². The first-order valence-electron chi connectivity index (χ1n) is 7.27. The van der Waals surface area contributed by atoms with Gasteiger partial charge in [0.25, 0.3) is 0 Å². The molecule has 0 aliphatic heterocycles. The van der Waals surface area contributed by atoms with E-state index in [-0.39, 0.29) is 0 Å². The van der Waals surface area contributed by atoms with Crippen molar-refractivity contribution in [3.05, 3.63) is 42.1 Å². The normalized spacial score (nSPS) is 16.0. The quantitative estimate of drug-likeness (QED) is 0.830. The number of hydrogen-bond donors (Lipinski definition) is 2. The lowest BCUT2D eigenvalue weighted by molar-refractivity contribution is 0.434. The van der Waals surface area contributed by atoms with Crippen molar-refractivity contribution >= 4 is 17.2 Å². The van der Waals surface area contributed by atoms with Crippen molar-refractivity contribution in [2.24, 2.45) is 0 Å². The Morgan fingerprint density at radius 3 is 2.30 bits per heavy atom. The Kier molecular flexibility index (Phi) is 3.81. The molecule has 3 rings (SSSR count). The SMILES string of the molecule is Nc1ccc(Nc2ccc(C3CCCCC3)nn2)cc1. The van der Waals surface area contributed by atoms with E-state index in [1.54, 1.807) is 0 Å². The molecule has 1 aliphatic rings. The third-order valence-corrected chi connectivity index (χ3v) is 3.89. The smallest absolute Gasteiger partial charge is 0.153 e. The van der Waals surface area contributed by atoms with Crippen LogP contribution in [-0.4, -0.2) is 10.2 Å². The van der Waals surface area contributed by atoms with Crippen molar-refractivity contribution in [1.82, 2.24) is 10.2 Å². The summed E-state index contributed by atoms with van der Waals surface area (Å²) in [6.45, 7) is 0. The van der Waals surface area contributed by atoms with E-state index in [0.717, 1.165) is 22.9 Å². The maximum atomic E-state index is 5.67. The van der Waals surface area contributed by atoms with E-state index in [0.29, 0.717) is 5.92 Å². The summed E-state index contributed by atoms with van der Waals surface area (Å²) in [6, 6.07) is 11.7. The summed E-state index contributed by atoms with van der Waals surface area (Å²) in [5, 5.41) is 11.9. The summed E-state index contributed by atoms with van der Waals surface area (Å²) in [6.07, 6.45) is 6.50. The van der Waals surface area contributed by atoms with E-state index >= 15 is 0 Å². The monoisotopic (exact) mass is 268 g/mol. The molecule has 104 valence electrons. The van der Waals surface area contributed by atoms with Crippen molar-refractivity contribution in [1.29, 1.82) is 0 Å². The van der Waals surface area contributed by atoms with Gasteiger partial charge in [0, 0.05) is 17.3 Å². The molecule has 1 heterocycles. The molecular weight excluding hydrogens is 248 g/mol. The fourth-order valence-electron chi connectivity index (χ4n) is 2.74. The number of nitrogens with zero attached hydrogens (tertiary/aromatic N) is 2. The van der Waals surface area contributed by atoms with E-state index in [2.05, 4.69) is 21.6 Å². The number of nitrogens with two attached hydrogens (primary N) is 1. The number of benzene rings is 1. The molecule has 20 heavy (non-hydrogen) atoms. The minimum Gasteiger partial charge on any atom is -0.399 e. The molecule has 4 heteroatoms. The summed E-state index contributed by atoms with van der Waals surface area (Å²) in [4.78, 5) is 0. The highest BCUT2D eigenvalue weighted by Crippen LogP contribution is 2.31. The second-order valence-corrected chi connectivity index (χ2v) is 5.43. The predicted molar refractivity (Wildman–Crippen MR) is 82.0 cm³/mol. The van der Waals surface area contributed by atoms with Crippen molar-refractivity contribution in [3.8, 4) is 0 Å². The predicted octanol–water partition coefficient (Wildman–Crippen LogP) is 3.85. The fraction of sp³-hybridized carbons (Fsp3) is 0.375. The number of nitrogen functional groups attached to an aromatic ring is 1. The van der Waals surface area contributed by atoms with Crippen molar-refractivity contribution in [2.45, 2.75) is 38.0 Å². The first-order chi connectivity index (χ1) is 9.81. The van der Waals surface area contributed by atoms with Crippen LogP contribution in [0.2, 0.25) is 0 Å². The number of aromatic nitrogens is 2. The van der Waals surface area contributed by atoms with Gasteiger partial charge in [0.15, 0.2) is 5.82 Å². The molecule has 1 aromatic heterocycles. The molecule has 0 saturated heterocycles. The largest absolute Gasteiger partial charge is 0.399 e. The molecular formula is C16H20N4. The number of anilines is 3. The topological polar surface area (TPSA) is 63.8 Å². The molecule has 3 N–H and O–H groups in total. The number of nitrogens with one attached hydrogen (secondary N) is 1. The lowest BCUT2D eigenvalue weighted by Gasteiger charge is -2.20. The van der Waals surface area contributed by atoms with Gasteiger partial charge in [0.2, 0.25) is 0 Å². The van der Waals surface area contributed by atoms with Gasteiger partial charge in [-0.2, -0.15) is 5.10 Å². The average Bonchev–Trinajstić information content (AvgIpc) is 2.51. The Bertz CT molecular complexity index is 542. The van der Waals surface area contributed by atoms with Gasteiger partial charge < -0.3 is 11.1 Å². The van der Waals surface area contributed by atoms with Gasteiger partial charge in [-0.25, -0.2) is 0 Å². The van der Waals surface area contributed by atoms with Gasteiger partial charge in [0.1, 0.15) is 0 Å². The molecule has 1 saturated carbocycles. The highest BCUT2D eigenvalue weighted by atomic mass is 15.2. The summed E-state index contributed by atoms with van der Waals surface area (Å²) >= 11 is 0. The lowest BCUT2D eigenvalue weighted by atomic mass is 9.87. The van der Waals surface area contributed by atoms with Crippen LogP contribution in [0.1, 0.15) is 43.7 Å². The Morgan fingerprint density at radius 2 is 1.65 bits per heavy atom. The van der Waals surface area contributed by atoms with Gasteiger partial charge >= 0.3 is 0 Å². The van der Waals surface area contributed by atoms with Gasteiger partial charge in [-0.05, 0) is 49.2 Å². The maximum Gasteiger partial charge on any atom is 0.153 e. The number of hydrogen-bond acceptors (Lipinski definition) is 4.